The molecule has 8 heteroatoms. The number of rotatable bonds is 7. The van der Waals surface area contributed by atoms with Gasteiger partial charge in [0.15, 0.2) is 0 Å². The Morgan fingerprint density at radius 3 is 2.69 bits per heavy atom. The van der Waals surface area contributed by atoms with E-state index >= 15 is 0 Å². The monoisotopic (exact) mass is 487 g/mol. The summed E-state index contributed by atoms with van der Waals surface area (Å²) >= 11 is 0. The fourth-order valence-electron chi connectivity index (χ4n) is 5.67. The lowest BCUT2D eigenvalue weighted by molar-refractivity contribution is -0.138. The average Bonchev–Trinajstić information content (AvgIpc) is 3.27. The number of alkyl halides is 3. The number of ether oxygens (including phenoxy) is 1. The number of hydrogen-bond donors (Lipinski definition) is 2. The third-order valence-electron chi connectivity index (χ3n) is 7.46. The van der Waals surface area contributed by atoms with Crippen molar-refractivity contribution in [3.63, 3.8) is 0 Å². The van der Waals surface area contributed by atoms with Gasteiger partial charge in [-0.1, -0.05) is 30.3 Å². The van der Waals surface area contributed by atoms with E-state index in [1.807, 2.05) is 23.1 Å². The Labute approximate surface area is 204 Å². The molecule has 0 aromatic heterocycles. The first-order chi connectivity index (χ1) is 16.9. The van der Waals surface area contributed by atoms with Gasteiger partial charge in [0.2, 0.25) is 5.91 Å². The van der Waals surface area contributed by atoms with E-state index in [2.05, 4.69) is 22.8 Å². The van der Waals surface area contributed by atoms with Crippen LogP contribution in [0.15, 0.2) is 48.5 Å². The zero-order valence-electron chi connectivity index (χ0n) is 19.7. The molecule has 0 saturated carbocycles. The van der Waals surface area contributed by atoms with Crippen molar-refractivity contribution in [2.75, 3.05) is 31.5 Å². The van der Waals surface area contributed by atoms with Crippen LogP contribution in [0.5, 0.6) is 0 Å². The van der Waals surface area contributed by atoms with Gasteiger partial charge < -0.3 is 20.3 Å². The van der Waals surface area contributed by atoms with E-state index in [1.165, 1.54) is 12.1 Å². The fraction of sp³-hybridized carbons (Fsp3) is 0.519. The van der Waals surface area contributed by atoms with Gasteiger partial charge in [0.25, 0.3) is 0 Å². The number of amides is 1. The van der Waals surface area contributed by atoms with Crippen molar-refractivity contribution in [2.24, 2.45) is 5.92 Å². The van der Waals surface area contributed by atoms with E-state index < -0.39 is 17.8 Å². The number of likely N-dealkylation sites (tertiary alicyclic amines) is 1. The zero-order valence-corrected chi connectivity index (χ0v) is 19.7. The zero-order chi connectivity index (χ0) is 24.4. The highest BCUT2D eigenvalue weighted by Crippen LogP contribution is 2.51. The lowest BCUT2D eigenvalue weighted by Gasteiger charge is -2.46. The molecular weight excluding hydrogens is 455 g/mol. The van der Waals surface area contributed by atoms with Gasteiger partial charge in [0.1, 0.15) is 0 Å². The molecule has 2 aromatic rings. The van der Waals surface area contributed by atoms with Crippen LogP contribution in [0.25, 0.3) is 0 Å². The predicted octanol–water partition coefficient (Wildman–Crippen LogP) is 5.31. The molecule has 5 rings (SSSR count). The molecule has 2 N–H and O–H groups in total. The van der Waals surface area contributed by atoms with E-state index in [9.17, 15) is 18.0 Å². The molecule has 1 amide bonds. The summed E-state index contributed by atoms with van der Waals surface area (Å²) in [6.45, 7) is 3.04. The highest BCUT2D eigenvalue weighted by Gasteiger charge is 2.43. The minimum Gasteiger partial charge on any atom is -0.378 e. The first kappa shape index (κ1) is 24.1. The smallest absolute Gasteiger partial charge is 0.378 e. The highest BCUT2D eigenvalue weighted by atomic mass is 19.4. The van der Waals surface area contributed by atoms with Gasteiger partial charge in [-0.05, 0) is 56.0 Å². The maximum Gasteiger partial charge on any atom is 0.416 e. The molecule has 0 radical (unpaired) electrons. The maximum atomic E-state index is 13.5. The van der Waals surface area contributed by atoms with Crippen LogP contribution < -0.4 is 10.6 Å². The molecule has 3 aliphatic heterocycles. The Morgan fingerprint density at radius 1 is 1.11 bits per heavy atom. The maximum absolute atomic E-state index is 13.5. The molecule has 0 spiro atoms. The number of carbonyl (C=O) groups is 1. The molecular formula is C27H32F3N3O2. The fourth-order valence-corrected chi connectivity index (χ4v) is 5.67. The molecule has 0 bridgehead atoms. The number of benzene rings is 2. The van der Waals surface area contributed by atoms with Crippen molar-refractivity contribution >= 4 is 11.6 Å². The minimum absolute atomic E-state index is 0.0163. The minimum atomic E-state index is -4.40. The normalized spacial score (nSPS) is 26.3. The summed E-state index contributed by atoms with van der Waals surface area (Å²) in [4.78, 5) is 13.7. The molecule has 2 aromatic carbocycles. The number of carbonyl (C=O) groups excluding carboxylic acids is 1. The first-order valence-corrected chi connectivity index (χ1v) is 12.6. The summed E-state index contributed by atoms with van der Waals surface area (Å²) in [5.74, 6) is 0.285. The van der Waals surface area contributed by atoms with Crippen LogP contribution in [0.2, 0.25) is 0 Å². The largest absolute Gasteiger partial charge is 0.416 e. The number of anilines is 1. The summed E-state index contributed by atoms with van der Waals surface area (Å²) in [6.07, 6.45) is -0.679. The lowest BCUT2D eigenvalue weighted by Crippen LogP contribution is -2.42. The van der Waals surface area contributed by atoms with Crippen molar-refractivity contribution in [2.45, 2.75) is 56.5 Å². The SMILES string of the molecule is O=C1CCCN1CCCNC[C@H]1CC[C@@H]2[C@H](O1)c1cc(C(F)(F)F)ccc1N[C@H]2c1ccccc1. The quantitative estimate of drug-likeness (QED) is 0.520. The highest BCUT2D eigenvalue weighted by molar-refractivity contribution is 5.78. The molecule has 0 unspecified atom stereocenters. The van der Waals surface area contributed by atoms with E-state index in [0.29, 0.717) is 24.2 Å². The van der Waals surface area contributed by atoms with Gasteiger partial charge in [-0.25, -0.2) is 0 Å². The lowest BCUT2D eigenvalue weighted by atomic mass is 9.76. The van der Waals surface area contributed by atoms with Gasteiger partial charge in [0, 0.05) is 43.2 Å². The summed E-state index contributed by atoms with van der Waals surface area (Å²) in [7, 11) is 0. The van der Waals surface area contributed by atoms with Crippen molar-refractivity contribution in [3.8, 4) is 0 Å². The summed E-state index contributed by atoms with van der Waals surface area (Å²) < 4.78 is 46.9. The second kappa shape index (κ2) is 10.2. The Balaban J connectivity index is 1.27. The number of nitrogens with zero attached hydrogens (tertiary/aromatic N) is 1. The molecule has 3 heterocycles. The van der Waals surface area contributed by atoms with Gasteiger partial charge in [0.05, 0.1) is 23.8 Å². The van der Waals surface area contributed by atoms with Crippen LogP contribution in [-0.4, -0.2) is 43.1 Å². The van der Waals surface area contributed by atoms with Crippen LogP contribution in [0.3, 0.4) is 0 Å². The van der Waals surface area contributed by atoms with Gasteiger partial charge in [-0.2, -0.15) is 13.2 Å². The number of fused-ring (bicyclic) bond motifs is 3. The van der Waals surface area contributed by atoms with E-state index in [-0.39, 0.29) is 24.0 Å². The third-order valence-corrected chi connectivity index (χ3v) is 7.46. The number of hydrogen-bond acceptors (Lipinski definition) is 4. The Morgan fingerprint density at radius 2 is 1.94 bits per heavy atom. The molecule has 5 nitrogen and oxygen atoms in total. The second-order valence-corrected chi connectivity index (χ2v) is 9.79. The Kier molecular flexibility index (Phi) is 7.02. The average molecular weight is 488 g/mol. The molecule has 35 heavy (non-hydrogen) atoms. The van der Waals surface area contributed by atoms with Crippen LogP contribution in [0, 0.1) is 5.92 Å². The topological polar surface area (TPSA) is 53.6 Å². The molecule has 2 saturated heterocycles. The standard InChI is InChI=1S/C27H32F3N3O2/c28-27(29,30)19-9-12-23-22(16-19)26-21(25(32-23)18-6-2-1-3-7-18)11-10-20(35-26)17-31-13-5-15-33-14-4-8-24(33)34/h1-3,6-7,9,12,16,20-21,25-26,31-32H,4-5,8,10-11,13-15,17H2/t20-,21+,25+,26+/m1/s1. The van der Waals surface area contributed by atoms with Crippen molar-refractivity contribution in [1.82, 2.24) is 10.2 Å². The third kappa shape index (κ3) is 5.33. The van der Waals surface area contributed by atoms with Gasteiger partial charge >= 0.3 is 6.18 Å². The Hall–Kier alpha value is -2.58. The van der Waals surface area contributed by atoms with E-state index in [1.54, 1.807) is 0 Å². The predicted molar refractivity (Wildman–Crippen MR) is 128 cm³/mol. The molecule has 0 aliphatic carbocycles. The van der Waals surface area contributed by atoms with E-state index in [4.69, 9.17) is 4.74 Å². The van der Waals surface area contributed by atoms with Crippen LogP contribution in [0.1, 0.15) is 60.9 Å². The van der Waals surface area contributed by atoms with Crippen molar-refractivity contribution < 1.29 is 22.7 Å². The summed E-state index contributed by atoms with van der Waals surface area (Å²) in [5.41, 5.74) is 1.77. The Bertz CT molecular complexity index is 1030. The molecule has 4 atom stereocenters. The second-order valence-electron chi connectivity index (χ2n) is 9.79. The number of halogens is 3. The van der Waals surface area contributed by atoms with Gasteiger partial charge in [-0.3, -0.25) is 4.79 Å². The molecule has 188 valence electrons. The van der Waals surface area contributed by atoms with Crippen LogP contribution in [-0.2, 0) is 15.7 Å². The number of nitrogens with one attached hydrogen (secondary N) is 2. The van der Waals surface area contributed by atoms with Crippen LogP contribution >= 0.6 is 0 Å². The first-order valence-electron chi connectivity index (χ1n) is 12.6. The van der Waals surface area contributed by atoms with Gasteiger partial charge in [-0.15, -0.1) is 0 Å². The molecule has 3 aliphatic rings. The summed E-state index contributed by atoms with van der Waals surface area (Å²) in [5, 5.41) is 6.93. The summed E-state index contributed by atoms with van der Waals surface area (Å²) in [6, 6.07) is 14.0. The van der Waals surface area contributed by atoms with Crippen molar-refractivity contribution in [3.05, 3.63) is 65.2 Å². The molecule has 2 fully saturated rings. The van der Waals surface area contributed by atoms with Crippen LogP contribution in [0.4, 0.5) is 18.9 Å². The van der Waals surface area contributed by atoms with Crippen molar-refractivity contribution in [1.29, 1.82) is 0 Å². The van der Waals surface area contributed by atoms with E-state index in [0.717, 1.165) is 56.9 Å².